The number of aromatic nitrogens is 2. The van der Waals surface area contributed by atoms with Crippen molar-refractivity contribution in [3.63, 3.8) is 0 Å². The van der Waals surface area contributed by atoms with Gasteiger partial charge >= 0.3 is 0 Å². The van der Waals surface area contributed by atoms with E-state index in [1.54, 1.807) is 12.1 Å². The van der Waals surface area contributed by atoms with Gasteiger partial charge in [0.2, 0.25) is 0 Å². The second kappa shape index (κ2) is 4.96. The van der Waals surface area contributed by atoms with Crippen molar-refractivity contribution >= 4 is 11.5 Å². The van der Waals surface area contributed by atoms with Gasteiger partial charge in [-0.2, -0.15) is 5.10 Å². The Labute approximate surface area is 116 Å². The minimum Gasteiger partial charge on any atom is -0.369 e. The lowest BCUT2D eigenvalue weighted by molar-refractivity contribution is -0.384. The van der Waals surface area contributed by atoms with Crippen molar-refractivity contribution in [2.75, 3.05) is 11.9 Å². The number of nitrogens with one attached hydrogen (secondary N) is 1. The number of aryl methyl sites for hydroxylation is 1. The van der Waals surface area contributed by atoms with Crippen LogP contribution in [0, 0.1) is 10.1 Å². The van der Waals surface area contributed by atoms with Crippen LogP contribution in [0.5, 0.6) is 0 Å². The third kappa shape index (κ3) is 2.03. The molecule has 1 aliphatic heterocycles. The Balaban J connectivity index is 2.01. The number of hydrogen-bond donors (Lipinski definition) is 1. The molecule has 3 rings (SSSR count). The van der Waals surface area contributed by atoms with Crippen molar-refractivity contribution in [2.45, 2.75) is 26.2 Å². The molecule has 2 heterocycles. The summed E-state index contributed by atoms with van der Waals surface area (Å²) in [5.74, 6) is 1.03. The minimum atomic E-state index is -0.391. The summed E-state index contributed by atoms with van der Waals surface area (Å²) in [4.78, 5) is 10.3. The fourth-order valence-corrected chi connectivity index (χ4v) is 2.59. The first kappa shape index (κ1) is 12.7. The first-order valence-corrected chi connectivity index (χ1v) is 6.80. The van der Waals surface area contributed by atoms with Gasteiger partial charge in [-0.3, -0.25) is 10.1 Å². The molecule has 6 nitrogen and oxygen atoms in total. The lowest BCUT2D eigenvalue weighted by Gasteiger charge is -2.05. The number of nitrogens with zero attached hydrogens (tertiary/aromatic N) is 3. The van der Waals surface area contributed by atoms with Gasteiger partial charge in [-0.15, -0.1) is 0 Å². The predicted octanol–water partition coefficient (Wildman–Crippen LogP) is 2.70. The van der Waals surface area contributed by atoms with Crippen LogP contribution in [0.1, 0.15) is 24.6 Å². The number of hydrogen-bond acceptors (Lipinski definition) is 4. The summed E-state index contributed by atoms with van der Waals surface area (Å²) in [5, 5.41) is 18.7. The highest BCUT2D eigenvalue weighted by molar-refractivity contribution is 5.57. The molecule has 0 saturated heterocycles. The number of benzene rings is 1. The van der Waals surface area contributed by atoms with E-state index >= 15 is 0 Å². The molecule has 1 aromatic heterocycles. The van der Waals surface area contributed by atoms with E-state index in [2.05, 4.69) is 17.3 Å². The van der Waals surface area contributed by atoms with E-state index < -0.39 is 4.92 Å². The summed E-state index contributed by atoms with van der Waals surface area (Å²) in [5.41, 5.74) is 3.36. The summed E-state index contributed by atoms with van der Waals surface area (Å²) < 4.78 is 1.86. The van der Waals surface area contributed by atoms with Crippen LogP contribution < -0.4 is 5.32 Å². The second-order valence-corrected chi connectivity index (χ2v) is 4.89. The molecule has 2 aromatic rings. The van der Waals surface area contributed by atoms with Crippen LogP contribution in [0.2, 0.25) is 0 Å². The van der Waals surface area contributed by atoms with Gasteiger partial charge in [0.05, 0.1) is 16.3 Å². The van der Waals surface area contributed by atoms with E-state index in [4.69, 9.17) is 0 Å². The zero-order valence-electron chi connectivity index (χ0n) is 11.3. The molecule has 0 amide bonds. The number of nitro benzene ring substituents is 1. The van der Waals surface area contributed by atoms with E-state index in [1.165, 1.54) is 17.7 Å². The van der Waals surface area contributed by atoms with Crippen molar-refractivity contribution < 1.29 is 4.92 Å². The quantitative estimate of drug-likeness (QED) is 0.686. The number of nitro groups is 1. The van der Waals surface area contributed by atoms with Crippen molar-refractivity contribution in [1.29, 1.82) is 0 Å². The number of fused-ring (bicyclic) bond motifs is 1. The maximum absolute atomic E-state index is 10.7. The van der Waals surface area contributed by atoms with Gasteiger partial charge in [-0.25, -0.2) is 4.68 Å². The van der Waals surface area contributed by atoms with Crippen LogP contribution in [0.3, 0.4) is 0 Å². The zero-order valence-corrected chi connectivity index (χ0v) is 11.3. The average Bonchev–Trinajstić information content (AvgIpc) is 3.03. The van der Waals surface area contributed by atoms with Gasteiger partial charge in [0.1, 0.15) is 5.82 Å². The summed E-state index contributed by atoms with van der Waals surface area (Å²) in [7, 11) is 0. The van der Waals surface area contributed by atoms with Crippen LogP contribution in [-0.2, 0) is 12.8 Å². The van der Waals surface area contributed by atoms with E-state index in [0.29, 0.717) is 0 Å². The zero-order chi connectivity index (χ0) is 14.1. The molecule has 20 heavy (non-hydrogen) atoms. The predicted molar refractivity (Wildman–Crippen MR) is 76.4 cm³/mol. The molecule has 0 bridgehead atoms. The largest absolute Gasteiger partial charge is 0.369 e. The summed E-state index contributed by atoms with van der Waals surface area (Å²) in [6, 6.07) is 6.50. The van der Waals surface area contributed by atoms with Gasteiger partial charge in [0, 0.05) is 24.2 Å². The van der Waals surface area contributed by atoms with Crippen LogP contribution in [0.15, 0.2) is 24.3 Å². The van der Waals surface area contributed by atoms with Gasteiger partial charge in [-0.05, 0) is 25.0 Å². The Morgan fingerprint density at radius 3 is 2.80 bits per heavy atom. The first-order chi connectivity index (χ1) is 9.70. The minimum absolute atomic E-state index is 0.0966. The molecule has 1 N–H and O–H groups in total. The van der Waals surface area contributed by atoms with Gasteiger partial charge in [0.15, 0.2) is 0 Å². The summed E-state index contributed by atoms with van der Waals surface area (Å²) >= 11 is 0. The van der Waals surface area contributed by atoms with Gasteiger partial charge < -0.3 is 5.32 Å². The van der Waals surface area contributed by atoms with E-state index in [0.717, 1.165) is 43.0 Å². The average molecular weight is 272 g/mol. The number of anilines is 1. The Kier molecular flexibility index (Phi) is 3.14. The molecule has 0 saturated carbocycles. The van der Waals surface area contributed by atoms with Crippen molar-refractivity contribution in [3.8, 4) is 5.69 Å². The highest BCUT2D eigenvalue weighted by Gasteiger charge is 2.22. The Morgan fingerprint density at radius 1 is 1.40 bits per heavy atom. The third-order valence-corrected chi connectivity index (χ3v) is 3.53. The van der Waals surface area contributed by atoms with Crippen molar-refractivity contribution in [3.05, 3.63) is 45.6 Å². The Bertz CT molecular complexity index is 646. The maximum atomic E-state index is 10.7. The lowest BCUT2D eigenvalue weighted by atomic mass is 10.1. The van der Waals surface area contributed by atoms with E-state index in [1.807, 2.05) is 4.68 Å². The summed E-state index contributed by atoms with van der Waals surface area (Å²) in [6.45, 7) is 3.07. The van der Waals surface area contributed by atoms with E-state index in [-0.39, 0.29) is 5.69 Å². The smallest absolute Gasteiger partial charge is 0.269 e. The molecule has 104 valence electrons. The molecule has 1 aliphatic rings. The molecule has 0 atom stereocenters. The monoisotopic (exact) mass is 272 g/mol. The molecule has 0 spiro atoms. The molecule has 1 aromatic carbocycles. The first-order valence-electron chi connectivity index (χ1n) is 6.80. The molecule has 0 fully saturated rings. The van der Waals surface area contributed by atoms with Gasteiger partial charge in [0.25, 0.3) is 5.69 Å². The fourth-order valence-electron chi connectivity index (χ4n) is 2.59. The van der Waals surface area contributed by atoms with Crippen molar-refractivity contribution in [1.82, 2.24) is 9.78 Å². The summed E-state index contributed by atoms with van der Waals surface area (Å²) in [6.07, 6.45) is 3.02. The number of non-ortho nitro benzene ring substituents is 1. The van der Waals surface area contributed by atoms with E-state index in [9.17, 15) is 10.1 Å². The van der Waals surface area contributed by atoms with Crippen LogP contribution in [-0.4, -0.2) is 21.2 Å². The fraction of sp³-hybridized carbons (Fsp3) is 0.357. The lowest BCUT2D eigenvalue weighted by Crippen LogP contribution is -2.05. The maximum Gasteiger partial charge on any atom is 0.269 e. The molecule has 0 unspecified atom stereocenters. The highest BCUT2D eigenvalue weighted by atomic mass is 16.6. The molecule has 0 radical (unpaired) electrons. The SMILES string of the molecule is CCCc1nn(-c2ccc([N+](=O)[O-])cc2)c2c1CCN2. The normalized spacial score (nSPS) is 13.1. The molecule has 6 heteroatoms. The highest BCUT2D eigenvalue weighted by Crippen LogP contribution is 2.29. The third-order valence-electron chi connectivity index (χ3n) is 3.53. The molecular formula is C14H16N4O2. The molecular weight excluding hydrogens is 256 g/mol. The standard InChI is InChI=1S/C14H16N4O2/c1-2-3-13-12-8-9-15-14(12)17(16-13)10-4-6-11(7-5-10)18(19)20/h4-7,15H,2-3,8-9H2,1H3. The number of rotatable bonds is 4. The van der Waals surface area contributed by atoms with Crippen LogP contribution >= 0.6 is 0 Å². The topological polar surface area (TPSA) is 73.0 Å². The van der Waals surface area contributed by atoms with Crippen LogP contribution in [0.25, 0.3) is 5.69 Å². The Hall–Kier alpha value is -2.37. The second-order valence-electron chi connectivity index (χ2n) is 4.89. The van der Waals surface area contributed by atoms with Gasteiger partial charge in [-0.1, -0.05) is 13.3 Å². The van der Waals surface area contributed by atoms with Crippen molar-refractivity contribution in [2.24, 2.45) is 0 Å². The Morgan fingerprint density at radius 2 is 2.15 bits per heavy atom. The molecule has 0 aliphatic carbocycles. The van der Waals surface area contributed by atoms with Crippen LogP contribution in [0.4, 0.5) is 11.5 Å².